The van der Waals surface area contributed by atoms with Gasteiger partial charge in [0.05, 0.1) is 19.3 Å². The number of hydrogen-bond acceptors (Lipinski definition) is 6. The Labute approximate surface area is 128 Å². The van der Waals surface area contributed by atoms with Gasteiger partial charge in [0.1, 0.15) is 17.6 Å². The maximum Gasteiger partial charge on any atom is 0.350 e. The van der Waals surface area contributed by atoms with E-state index in [2.05, 4.69) is 6.58 Å². The molecule has 0 aromatic carbocycles. The lowest BCUT2D eigenvalue weighted by molar-refractivity contribution is 0.0108. The van der Waals surface area contributed by atoms with Crippen molar-refractivity contribution >= 4 is 18.6 Å². The molecule has 0 amide bonds. The second kappa shape index (κ2) is 8.96. The first-order valence-corrected chi connectivity index (χ1v) is 6.84. The number of aliphatic hydroxyl groups excluding tert-OH is 1. The lowest BCUT2D eigenvalue weighted by Crippen LogP contribution is -2.32. The molecule has 0 aliphatic rings. The smallest absolute Gasteiger partial charge is 0.350 e. The molecule has 1 aromatic rings. The number of aliphatic hydroxyl groups is 1. The van der Waals surface area contributed by atoms with Crippen LogP contribution in [0.25, 0.3) is 12.7 Å². The van der Waals surface area contributed by atoms with E-state index in [-0.39, 0.29) is 30.8 Å². The minimum absolute atomic E-state index is 0.0228. The van der Waals surface area contributed by atoms with Crippen molar-refractivity contribution in [1.29, 1.82) is 0 Å². The van der Waals surface area contributed by atoms with Gasteiger partial charge in [-0.1, -0.05) is 24.8 Å². The Balaban J connectivity index is 2.77. The third-order valence-electron chi connectivity index (χ3n) is 2.57. The molecule has 0 bridgehead atoms. The van der Waals surface area contributed by atoms with Gasteiger partial charge in [-0.2, -0.15) is 0 Å². The summed E-state index contributed by atoms with van der Waals surface area (Å²) in [5.74, 6) is -0.787. The van der Waals surface area contributed by atoms with Crippen LogP contribution in [0, 0.1) is 0 Å². The molecule has 0 fully saturated rings. The zero-order valence-electron chi connectivity index (χ0n) is 12.7. The van der Waals surface area contributed by atoms with E-state index in [0.717, 1.165) is 0 Å². The fourth-order valence-corrected chi connectivity index (χ4v) is 1.53. The van der Waals surface area contributed by atoms with Crippen molar-refractivity contribution in [2.45, 2.75) is 20.0 Å². The summed E-state index contributed by atoms with van der Waals surface area (Å²) in [6, 6.07) is 1.38. The molecule has 0 aliphatic heterocycles. The molecule has 1 rings (SSSR count). The fourth-order valence-electron chi connectivity index (χ4n) is 1.53. The highest BCUT2D eigenvalue weighted by molar-refractivity contribution is 5.88. The zero-order chi connectivity index (χ0) is 16.5. The van der Waals surface area contributed by atoms with Gasteiger partial charge >= 0.3 is 11.6 Å². The Morgan fingerprint density at radius 1 is 1.50 bits per heavy atom. The molecule has 6 heteroatoms. The number of esters is 1. The average molecular weight is 308 g/mol. The van der Waals surface area contributed by atoms with Crippen molar-refractivity contribution in [2.75, 3.05) is 19.8 Å². The quantitative estimate of drug-likeness (QED) is 0.562. The molecule has 22 heavy (non-hydrogen) atoms. The number of ether oxygens (including phenoxy) is 2. The molecule has 0 radical (unpaired) electrons. The minimum Gasteiger partial charge on any atom is -0.459 e. The molecule has 1 aromatic heterocycles. The molecule has 0 saturated carbocycles. The van der Waals surface area contributed by atoms with Crippen LogP contribution < -0.4 is 16.3 Å². The van der Waals surface area contributed by atoms with E-state index in [4.69, 9.17) is 19.0 Å². The van der Waals surface area contributed by atoms with Crippen LogP contribution in [0.3, 0.4) is 0 Å². The largest absolute Gasteiger partial charge is 0.459 e. The van der Waals surface area contributed by atoms with Gasteiger partial charge in [-0.3, -0.25) is 0 Å². The third kappa shape index (κ3) is 5.67. The van der Waals surface area contributed by atoms with Crippen LogP contribution in [-0.2, 0) is 9.47 Å². The minimum atomic E-state index is -0.794. The van der Waals surface area contributed by atoms with Crippen LogP contribution in [0.4, 0.5) is 0 Å². The van der Waals surface area contributed by atoms with Gasteiger partial charge < -0.3 is 19.0 Å². The van der Waals surface area contributed by atoms with Crippen LogP contribution in [0.15, 0.2) is 27.4 Å². The number of carbonyl (C=O) groups excluding carboxylic acids is 1. The van der Waals surface area contributed by atoms with E-state index in [1.54, 1.807) is 25.2 Å². The second-order valence-electron chi connectivity index (χ2n) is 4.58. The summed E-state index contributed by atoms with van der Waals surface area (Å²) in [4.78, 5) is 23.5. The van der Waals surface area contributed by atoms with Gasteiger partial charge in [0.25, 0.3) is 0 Å². The maximum absolute atomic E-state index is 11.9. The summed E-state index contributed by atoms with van der Waals surface area (Å²) in [6.45, 7) is 7.29. The lowest BCUT2D eigenvalue weighted by Gasteiger charge is -2.07. The third-order valence-corrected chi connectivity index (χ3v) is 2.57. The highest BCUT2D eigenvalue weighted by atomic mass is 16.6. The summed E-state index contributed by atoms with van der Waals surface area (Å²) in [5.41, 5.74) is -0.809. The first-order chi connectivity index (χ1) is 10.5. The SMILES string of the molecule is C=c1oc(=O)c(C(=O)OCCOCC(C)O)c/c1=C/C=C\C. The van der Waals surface area contributed by atoms with Gasteiger partial charge in [0, 0.05) is 5.22 Å². The van der Waals surface area contributed by atoms with Gasteiger partial charge in [0.15, 0.2) is 0 Å². The van der Waals surface area contributed by atoms with Gasteiger partial charge in [-0.25, -0.2) is 9.59 Å². The predicted octanol–water partition coefficient (Wildman–Crippen LogP) is -0.0391. The Morgan fingerprint density at radius 3 is 2.86 bits per heavy atom. The van der Waals surface area contributed by atoms with Crippen molar-refractivity contribution in [3.63, 3.8) is 0 Å². The van der Waals surface area contributed by atoms with E-state index >= 15 is 0 Å². The van der Waals surface area contributed by atoms with Crippen molar-refractivity contribution in [1.82, 2.24) is 0 Å². The Hall–Kier alpha value is -2.18. The number of carbonyl (C=O) groups is 1. The molecule has 0 aliphatic carbocycles. The highest BCUT2D eigenvalue weighted by Crippen LogP contribution is 1.92. The molecule has 1 N–H and O–H groups in total. The van der Waals surface area contributed by atoms with Crippen molar-refractivity contribution in [3.8, 4) is 0 Å². The standard InChI is InChI=1S/C16H20O6/c1-4-5-6-13-9-14(16(19)22-12(13)3)15(18)21-8-7-20-10-11(2)17/h4-6,9,11,17H,3,7-8,10H2,1-2H3/b5-4-,13-6-. The Bertz CT molecular complexity index is 684. The molecule has 6 nitrogen and oxygen atoms in total. The van der Waals surface area contributed by atoms with E-state index in [0.29, 0.717) is 5.22 Å². The molecule has 0 saturated heterocycles. The van der Waals surface area contributed by atoms with Crippen LogP contribution >= 0.6 is 0 Å². The Kier molecular flexibility index (Phi) is 7.28. The number of hydrogen-bond donors (Lipinski definition) is 1. The molecule has 1 heterocycles. The van der Waals surface area contributed by atoms with Crippen LogP contribution in [0.2, 0.25) is 0 Å². The van der Waals surface area contributed by atoms with Crippen molar-refractivity contribution in [2.24, 2.45) is 0 Å². The highest BCUT2D eigenvalue weighted by Gasteiger charge is 2.13. The molecule has 0 spiro atoms. The average Bonchev–Trinajstić information content (AvgIpc) is 2.45. The Morgan fingerprint density at radius 2 is 2.23 bits per heavy atom. The first-order valence-electron chi connectivity index (χ1n) is 6.84. The van der Waals surface area contributed by atoms with E-state index in [9.17, 15) is 9.59 Å². The molecular weight excluding hydrogens is 288 g/mol. The lowest BCUT2D eigenvalue weighted by atomic mass is 10.2. The zero-order valence-corrected chi connectivity index (χ0v) is 12.7. The van der Waals surface area contributed by atoms with Gasteiger partial charge in [-0.05, 0) is 19.9 Å². The molecule has 120 valence electrons. The number of allylic oxidation sites excluding steroid dienone is 2. The second-order valence-corrected chi connectivity index (χ2v) is 4.58. The summed E-state index contributed by atoms with van der Waals surface area (Å²) >= 11 is 0. The van der Waals surface area contributed by atoms with E-state index in [1.807, 2.05) is 6.92 Å². The summed E-state index contributed by atoms with van der Waals surface area (Å²) < 4.78 is 14.9. The molecular formula is C16H20O6. The fraction of sp³-hybridized carbons (Fsp3) is 0.375. The molecule has 1 unspecified atom stereocenters. The monoisotopic (exact) mass is 308 g/mol. The van der Waals surface area contributed by atoms with Gasteiger partial charge in [0.2, 0.25) is 0 Å². The normalized spacial score (nSPS) is 13.5. The van der Waals surface area contributed by atoms with Crippen LogP contribution in [-0.4, -0.2) is 37.0 Å². The predicted molar refractivity (Wildman–Crippen MR) is 81.8 cm³/mol. The van der Waals surface area contributed by atoms with Gasteiger partial charge in [-0.15, -0.1) is 0 Å². The summed E-state index contributed by atoms with van der Waals surface area (Å²) in [5, 5.41) is 9.52. The molecule has 1 atom stereocenters. The van der Waals surface area contributed by atoms with Crippen LogP contribution in [0.5, 0.6) is 0 Å². The first kappa shape index (κ1) is 17.9. The summed E-state index contributed by atoms with van der Waals surface area (Å²) in [6.07, 6.45) is 4.62. The van der Waals surface area contributed by atoms with Crippen LogP contribution in [0.1, 0.15) is 24.2 Å². The maximum atomic E-state index is 11.9. The topological polar surface area (TPSA) is 86.0 Å². The van der Waals surface area contributed by atoms with E-state index < -0.39 is 17.7 Å². The van der Waals surface area contributed by atoms with Crippen molar-refractivity contribution < 1.29 is 23.8 Å². The van der Waals surface area contributed by atoms with Crippen molar-refractivity contribution in [3.05, 3.63) is 44.8 Å². The summed E-state index contributed by atoms with van der Waals surface area (Å²) in [7, 11) is 0. The van der Waals surface area contributed by atoms with E-state index in [1.165, 1.54) is 6.07 Å². The number of rotatable bonds is 7.